The van der Waals surface area contributed by atoms with Gasteiger partial charge < -0.3 is 4.42 Å². The topological polar surface area (TPSA) is 82.7 Å². The molecule has 0 amide bonds. The van der Waals surface area contributed by atoms with Gasteiger partial charge in [-0.15, -0.1) is 0 Å². The van der Waals surface area contributed by atoms with Gasteiger partial charge in [0, 0.05) is 10.0 Å². The summed E-state index contributed by atoms with van der Waals surface area (Å²) in [7, 11) is 0. The van der Waals surface area contributed by atoms with Crippen molar-refractivity contribution in [3.05, 3.63) is 73.8 Å². The maximum absolute atomic E-state index is 11.5. The van der Waals surface area contributed by atoms with Gasteiger partial charge in [-0.3, -0.25) is 4.79 Å². The van der Waals surface area contributed by atoms with Crippen molar-refractivity contribution in [3.8, 4) is 17.4 Å². The van der Waals surface area contributed by atoms with E-state index in [0.29, 0.717) is 17.0 Å². The molecule has 6 heteroatoms. The molecule has 0 saturated carbocycles. The Hall–Kier alpha value is -2.91. The molecule has 0 fully saturated rings. The highest BCUT2D eigenvalue weighted by atomic mass is 79.9. The Morgan fingerprint density at radius 2 is 2.04 bits per heavy atom. The SMILES string of the molecule is Cc1c(/C=C/c2ccc(-c3ccccc3Br)o2)n[nH]c(=O)c1C#N. The molecule has 2 heterocycles. The molecule has 0 bridgehead atoms. The van der Waals surface area contributed by atoms with Crippen molar-refractivity contribution in [1.82, 2.24) is 10.2 Å². The summed E-state index contributed by atoms with van der Waals surface area (Å²) in [6.45, 7) is 1.69. The van der Waals surface area contributed by atoms with E-state index in [2.05, 4.69) is 26.1 Å². The fourth-order valence-electron chi connectivity index (χ4n) is 2.26. The minimum atomic E-state index is -0.485. The lowest BCUT2D eigenvalue weighted by molar-refractivity contribution is 0.572. The fraction of sp³-hybridized carbons (Fsp3) is 0.0556. The maximum Gasteiger partial charge on any atom is 0.282 e. The van der Waals surface area contributed by atoms with Crippen molar-refractivity contribution < 1.29 is 4.42 Å². The molecule has 24 heavy (non-hydrogen) atoms. The largest absolute Gasteiger partial charge is 0.457 e. The van der Waals surface area contributed by atoms with Gasteiger partial charge in [0.25, 0.3) is 5.56 Å². The van der Waals surface area contributed by atoms with Crippen molar-refractivity contribution >= 4 is 28.1 Å². The monoisotopic (exact) mass is 381 g/mol. The third-order valence-corrected chi connectivity index (χ3v) is 4.24. The Balaban J connectivity index is 1.91. The average molecular weight is 382 g/mol. The molecule has 0 spiro atoms. The van der Waals surface area contributed by atoms with Gasteiger partial charge in [-0.1, -0.05) is 34.1 Å². The smallest absolute Gasteiger partial charge is 0.282 e. The first-order chi connectivity index (χ1) is 11.6. The van der Waals surface area contributed by atoms with E-state index in [1.807, 2.05) is 42.5 Å². The molecule has 3 aromatic rings. The van der Waals surface area contributed by atoms with Gasteiger partial charge in [0.1, 0.15) is 23.2 Å². The van der Waals surface area contributed by atoms with Crippen LogP contribution in [0.1, 0.15) is 22.6 Å². The second-order valence-electron chi connectivity index (χ2n) is 5.06. The third-order valence-electron chi connectivity index (χ3n) is 3.55. The minimum Gasteiger partial charge on any atom is -0.457 e. The van der Waals surface area contributed by atoms with E-state index in [1.165, 1.54) is 0 Å². The summed E-state index contributed by atoms with van der Waals surface area (Å²) in [6, 6.07) is 13.4. The third kappa shape index (κ3) is 3.07. The van der Waals surface area contributed by atoms with Crippen LogP contribution in [0.15, 0.2) is 50.1 Å². The van der Waals surface area contributed by atoms with Crippen LogP contribution in [0.5, 0.6) is 0 Å². The van der Waals surface area contributed by atoms with Crippen LogP contribution in [0.3, 0.4) is 0 Å². The van der Waals surface area contributed by atoms with Crippen LogP contribution >= 0.6 is 15.9 Å². The van der Waals surface area contributed by atoms with Crippen molar-refractivity contribution in [2.75, 3.05) is 0 Å². The van der Waals surface area contributed by atoms with E-state index >= 15 is 0 Å². The molecule has 0 atom stereocenters. The molecule has 0 radical (unpaired) electrons. The average Bonchev–Trinajstić information content (AvgIpc) is 3.04. The maximum atomic E-state index is 11.5. The number of H-pyrrole nitrogens is 1. The minimum absolute atomic E-state index is 0.0676. The zero-order valence-corrected chi connectivity index (χ0v) is 14.3. The van der Waals surface area contributed by atoms with Gasteiger partial charge >= 0.3 is 0 Å². The number of rotatable bonds is 3. The summed E-state index contributed by atoms with van der Waals surface area (Å²) in [5.41, 5.74) is 1.60. The van der Waals surface area contributed by atoms with E-state index in [1.54, 1.807) is 19.1 Å². The highest BCUT2D eigenvalue weighted by Gasteiger charge is 2.09. The van der Waals surface area contributed by atoms with Crippen LogP contribution in [0.25, 0.3) is 23.5 Å². The normalized spacial score (nSPS) is 10.9. The predicted octanol–water partition coefficient (Wildman–Crippen LogP) is 4.14. The number of furan rings is 1. The molecule has 0 aliphatic carbocycles. The van der Waals surface area contributed by atoms with Crippen molar-refractivity contribution in [1.29, 1.82) is 5.26 Å². The molecule has 118 valence electrons. The number of hydrogen-bond acceptors (Lipinski definition) is 4. The highest BCUT2D eigenvalue weighted by Crippen LogP contribution is 2.29. The van der Waals surface area contributed by atoms with Crippen molar-refractivity contribution in [2.45, 2.75) is 6.92 Å². The molecule has 1 N–H and O–H groups in total. The fourth-order valence-corrected chi connectivity index (χ4v) is 2.74. The Bertz CT molecular complexity index is 1030. The first kappa shape index (κ1) is 16.0. The lowest BCUT2D eigenvalue weighted by Gasteiger charge is -2.00. The summed E-state index contributed by atoms with van der Waals surface area (Å²) < 4.78 is 6.76. The first-order valence-corrected chi connectivity index (χ1v) is 7.91. The Kier molecular flexibility index (Phi) is 4.45. The van der Waals surface area contributed by atoms with Crippen LogP contribution in [0.4, 0.5) is 0 Å². The van der Waals surface area contributed by atoms with Crippen molar-refractivity contribution in [3.63, 3.8) is 0 Å². The van der Waals surface area contributed by atoms with Crippen LogP contribution in [-0.2, 0) is 0 Å². The summed E-state index contributed by atoms with van der Waals surface area (Å²) >= 11 is 3.50. The van der Waals surface area contributed by atoms with E-state index < -0.39 is 5.56 Å². The van der Waals surface area contributed by atoms with E-state index in [4.69, 9.17) is 9.68 Å². The first-order valence-electron chi connectivity index (χ1n) is 7.12. The zero-order valence-electron chi connectivity index (χ0n) is 12.7. The van der Waals surface area contributed by atoms with Crippen LogP contribution in [0, 0.1) is 18.3 Å². The standard InChI is InChI=1S/C18H12BrN3O2/c1-11-14(10-20)18(23)22-21-16(11)8-6-12-7-9-17(24-12)13-4-2-3-5-15(13)19/h2-9H,1H3,(H,22,23)/b8-6+. The number of aromatic amines is 1. The quantitative estimate of drug-likeness (QED) is 0.738. The lowest BCUT2D eigenvalue weighted by Crippen LogP contribution is -2.15. The molecule has 5 nitrogen and oxygen atoms in total. The molecular weight excluding hydrogens is 370 g/mol. The van der Waals surface area contributed by atoms with Crippen LogP contribution in [-0.4, -0.2) is 10.2 Å². The van der Waals surface area contributed by atoms with E-state index in [-0.39, 0.29) is 5.56 Å². The van der Waals surface area contributed by atoms with E-state index in [0.717, 1.165) is 15.8 Å². The molecule has 2 aromatic heterocycles. The molecule has 0 aliphatic rings. The molecule has 3 rings (SSSR count). The van der Waals surface area contributed by atoms with Gasteiger partial charge in [-0.25, -0.2) is 5.10 Å². The molecule has 0 saturated heterocycles. The Morgan fingerprint density at radius 1 is 1.25 bits per heavy atom. The molecule has 0 unspecified atom stereocenters. The zero-order chi connectivity index (χ0) is 17.1. The van der Waals surface area contributed by atoms with E-state index in [9.17, 15) is 4.79 Å². The van der Waals surface area contributed by atoms with Gasteiger partial charge in [0.15, 0.2) is 0 Å². The van der Waals surface area contributed by atoms with Gasteiger partial charge in [0.2, 0.25) is 0 Å². The second kappa shape index (κ2) is 6.69. The number of nitriles is 1. The summed E-state index contributed by atoms with van der Waals surface area (Å²) in [5, 5.41) is 15.3. The molecular formula is C18H12BrN3O2. The number of nitrogens with one attached hydrogen (secondary N) is 1. The van der Waals surface area contributed by atoms with Gasteiger partial charge in [0.05, 0.1) is 5.69 Å². The Labute approximate surface area is 146 Å². The predicted molar refractivity (Wildman–Crippen MR) is 95.1 cm³/mol. The summed E-state index contributed by atoms with van der Waals surface area (Å²) in [4.78, 5) is 11.5. The van der Waals surface area contributed by atoms with Crippen LogP contribution in [0.2, 0.25) is 0 Å². The number of nitrogens with zero attached hydrogens (tertiary/aromatic N) is 2. The number of halogens is 1. The number of aromatic nitrogens is 2. The van der Waals surface area contributed by atoms with Crippen LogP contribution < -0.4 is 5.56 Å². The lowest BCUT2D eigenvalue weighted by atomic mass is 10.1. The summed E-state index contributed by atoms with van der Waals surface area (Å²) in [5.74, 6) is 1.39. The number of benzene rings is 1. The van der Waals surface area contributed by atoms with Crippen molar-refractivity contribution in [2.24, 2.45) is 0 Å². The molecule has 1 aromatic carbocycles. The Morgan fingerprint density at radius 3 is 2.79 bits per heavy atom. The highest BCUT2D eigenvalue weighted by molar-refractivity contribution is 9.10. The van der Waals surface area contributed by atoms with Gasteiger partial charge in [-0.2, -0.15) is 10.4 Å². The van der Waals surface area contributed by atoms with Gasteiger partial charge in [-0.05, 0) is 42.8 Å². The number of hydrogen-bond donors (Lipinski definition) is 1. The second-order valence-corrected chi connectivity index (χ2v) is 5.92. The molecule has 0 aliphatic heterocycles. The summed E-state index contributed by atoms with van der Waals surface area (Å²) in [6.07, 6.45) is 3.45.